The first-order valence-electron chi connectivity index (χ1n) is 12.6. The number of pyridine rings is 3. The van der Waals surface area contributed by atoms with Crippen LogP contribution in [0.2, 0.25) is 0 Å². The highest BCUT2D eigenvalue weighted by molar-refractivity contribution is 6.12. The molecule has 0 saturated heterocycles. The summed E-state index contributed by atoms with van der Waals surface area (Å²) in [4.78, 5) is 36.7. The maximum absolute atomic E-state index is 13.1. The molecule has 0 fully saturated rings. The summed E-state index contributed by atoms with van der Waals surface area (Å²) in [6.07, 6.45) is 6.66. The van der Waals surface area contributed by atoms with Gasteiger partial charge in [-0.05, 0) is 73.9 Å². The maximum Gasteiger partial charge on any atom is 0.259 e. The molecular formula is C29H28N6O4. The largest absolute Gasteiger partial charge is 0.619 e. The molecule has 0 spiro atoms. The Kier molecular flexibility index (Phi) is 7.09. The van der Waals surface area contributed by atoms with Gasteiger partial charge in [-0.15, -0.1) is 0 Å². The molecule has 0 aliphatic carbocycles. The second-order valence-electron chi connectivity index (χ2n) is 9.22. The van der Waals surface area contributed by atoms with Crippen molar-refractivity contribution >= 4 is 34.8 Å². The van der Waals surface area contributed by atoms with Gasteiger partial charge in [0, 0.05) is 37.0 Å². The number of hydrogen-bond donors (Lipinski definition) is 2. The molecule has 0 bridgehead atoms. The van der Waals surface area contributed by atoms with Gasteiger partial charge < -0.3 is 25.5 Å². The van der Waals surface area contributed by atoms with Crippen LogP contribution in [-0.2, 0) is 6.42 Å². The maximum atomic E-state index is 13.1. The Morgan fingerprint density at radius 2 is 1.97 bits per heavy atom. The average Bonchev–Trinajstić information content (AvgIpc) is 3.04. The molecule has 2 amide bonds. The van der Waals surface area contributed by atoms with Gasteiger partial charge in [-0.3, -0.25) is 9.59 Å². The number of nitrogens with one attached hydrogen (secondary N) is 2. The Bertz CT molecular complexity index is 1570. The number of hydrogen-bond acceptors (Lipinski definition) is 7. The smallest absolute Gasteiger partial charge is 0.259 e. The summed E-state index contributed by atoms with van der Waals surface area (Å²) in [7, 11) is 0. The summed E-state index contributed by atoms with van der Waals surface area (Å²) in [5.74, 6) is 1.36. The summed E-state index contributed by atoms with van der Waals surface area (Å²) in [5.41, 5.74) is 4.64. The van der Waals surface area contributed by atoms with Crippen LogP contribution in [0, 0.1) is 19.1 Å². The highest BCUT2D eigenvalue weighted by atomic mass is 16.5. The predicted octanol–water partition coefficient (Wildman–Crippen LogP) is 4.32. The Labute approximate surface area is 225 Å². The molecule has 1 aliphatic rings. The van der Waals surface area contributed by atoms with Crippen LogP contribution in [0.25, 0.3) is 0 Å². The van der Waals surface area contributed by atoms with Gasteiger partial charge in [0.2, 0.25) is 6.20 Å². The number of rotatable bonds is 7. The summed E-state index contributed by atoms with van der Waals surface area (Å²) in [6.45, 7) is 6.77. The lowest BCUT2D eigenvalue weighted by Crippen LogP contribution is -2.25. The van der Waals surface area contributed by atoms with Gasteiger partial charge in [-0.25, -0.2) is 9.97 Å². The minimum absolute atomic E-state index is 0.223. The molecule has 4 heterocycles. The highest BCUT2D eigenvalue weighted by Crippen LogP contribution is 2.36. The van der Waals surface area contributed by atoms with Crippen LogP contribution in [0.4, 0.5) is 23.0 Å². The number of fused-ring (bicyclic) bond motifs is 2. The van der Waals surface area contributed by atoms with E-state index in [1.54, 1.807) is 42.7 Å². The van der Waals surface area contributed by atoms with Crippen molar-refractivity contribution in [2.75, 3.05) is 28.7 Å². The van der Waals surface area contributed by atoms with Gasteiger partial charge in [-0.2, -0.15) is 4.73 Å². The molecule has 0 radical (unpaired) electrons. The molecule has 4 aromatic rings. The zero-order valence-electron chi connectivity index (χ0n) is 21.9. The zero-order chi connectivity index (χ0) is 27.5. The Balaban J connectivity index is 1.26. The van der Waals surface area contributed by atoms with Crippen LogP contribution in [0.1, 0.15) is 44.3 Å². The van der Waals surface area contributed by atoms with Crippen molar-refractivity contribution in [1.29, 1.82) is 0 Å². The monoisotopic (exact) mass is 524 g/mol. The Morgan fingerprint density at radius 3 is 2.74 bits per heavy atom. The number of carbonyl (C=O) groups excluding carboxylic acids is 2. The van der Waals surface area contributed by atoms with Crippen LogP contribution in [0.15, 0.2) is 67.3 Å². The van der Waals surface area contributed by atoms with Gasteiger partial charge in [0.15, 0.2) is 12.0 Å². The van der Waals surface area contributed by atoms with Crippen molar-refractivity contribution in [1.82, 2.24) is 9.97 Å². The number of benzene rings is 1. The molecule has 1 aromatic carbocycles. The van der Waals surface area contributed by atoms with Crippen LogP contribution in [0.3, 0.4) is 0 Å². The summed E-state index contributed by atoms with van der Waals surface area (Å²) >= 11 is 0. The third-order valence-corrected chi connectivity index (χ3v) is 6.49. The van der Waals surface area contributed by atoms with Gasteiger partial charge in [-0.1, -0.05) is 0 Å². The zero-order valence-corrected chi connectivity index (χ0v) is 21.9. The lowest BCUT2D eigenvalue weighted by molar-refractivity contribution is -0.604. The quantitative estimate of drug-likeness (QED) is 0.273. The average molecular weight is 525 g/mol. The minimum atomic E-state index is -0.321. The van der Waals surface area contributed by atoms with E-state index in [4.69, 9.17) is 4.74 Å². The number of amides is 2. The SMILES string of the molecule is CCN1c2ncc(CCOc3ccc(C(=O)Nc4ccc[n+]([O-])c4)cc3C)cc2C(=O)Nc2c(C)ccnc21. The lowest BCUT2D eigenvalue weighted by Gasteiger charge is -2.22. The Hall–Kier alpha value is -4.99. The van der Waals surface area contributed by atoms with E-state index in [0.717, 1.165) is 16.7 Å². The highest BCUT2D eigenvalue weighted by Gasteiger charge is 2.27. The first-order valence-corrected chi connectivity index (χ1v) is 12.6. The van der Waals surface area contributed by atoms with E-state index in [1.807, 2.05) is 37.8 Å². The molecule has 1 aliphatic heterocycles. The van der Waals surface area contributed by atoms with Crippen molar-refractivity contribution < 1.29 is 19.1 Å². The van der Waals surface area contributed by atoms with Gasteiger partial charge in [0.25, 0.3) is 11.8 Å². The number of ether oxygens (including phenoxy) is 1. The van der Waals surface area contributed by atoms with Gasteiger partial charge in [0.05, 0.1) is 17.9 Å². The normalized spacial score (nSPS) is 12.2. The fraction of sp³-hybridized carbons (Fsp3) is 0.207. The third-order valence-electron chi connectivity index (χ3n) is 6.49. The predicted molar refractivity (Wildman–Crippen MR) is 148 cm³/mol. The fourth-order valence-electron chi connectivity index (χ4n) is 4.47. The van der Waals surface area contributed by atoms with Crippen LogP contribution in [0.5, 0.6) is 5.75 Å². The molecule has 5 rings (SSSR count). The van der Waals surface area contributed by atoms with Crippen molar-refractivity contribution in [2.45, 2.75) is 27.2 Å². The molecule has 39 heavy (non-hydrogen) atoms. The molecule has 2 N–H and O–H groups in total. The number of aryl methyl sites for hydroxylation is 2. The standard InChI is InChI=1S/C29H28N6O4/c1-4-35-26-23(29(37)33-25-18(2)9-11-30-27(25)35)15-20(16-31-26)10-13-39-24-8-7-21(14-19(24)3)28(36)32-22-6-5-12-34(38)17-22/h5-9,11-12,14-17H,4,10,13H2,1-3H3,(H,32,36)(H,33,37). The van der Waals surface area contributed by atoms with Crippen molar-refractivity contribution in [3.8, 4) is 5.75 Å². The minimum Gasteiger partial charge on any atom is -0.619 e. The van der Waals surface area contributed by atoms with E-state index >= 15 is 0 Å². The van der Waals surface area contributed by atoms with Crippen molar-refractivity contribution in [2.24, 2.45) is 0 Å². The third kappa shape index (κ3) is 5.35. The molecule has 10 nitrogen and oxygen atoms in total. The molecule has 0 unspecified atom stereocenters. The van der Waals surface area contributed by atoms with E-state index in [1.165, 1.54) is 12.4 Å². The summed E-state index contributed by atoms with van der Waals surface area (Å²) in [6, 6.07) is 12.1. The molecule has 10 heteroatoms. The van der Waals surface area contributed by atoms with Crippen LogP contribution in [-0.4, -0.2) is 34.9 Å². The molecule has 198 valence electrons. The van der Waals surface area contributed by atoms with E-state index in [9.17, 15) is 14.8 Å². The second-order valence-corrected chi connectivity index (χ2v) is 9.22. The van der Waals surface area contributed by atoms with E-state index in [-0.39, 0.29) is 11.8 Å². The van der Waals surface area contributed by atoms with E-state index in [0.29, 0.717) is 64.2 Å². The lowest BCUT2D eigenvalue weighted by atomic mass is 10.1. The fourth-order valence-corrected chi connectivity index (χ4v) is 4.47. The van der Waals surface area contributed by atoms with Crippen LogP contribution < -0.4 is 25.0 Å². The number of nitrogens with zero attached hydrogens (tertiary/aromatic N) is 4. The molecule has 0 saturated carbocycles. The number of aromatic nitrogens is 3. The summed E-state index contributed by atoms with van der Waals surface area (Å²) < 4.78 is 6.61. The van der Waals surface area contributed by atoms with E-state index in [2.05, 4.69) is 20.6 Å². The molecular weight excluding hydrogens is 496 g/mol. The van der Waals surface area contributed by atoms with Crippen molar-refractivity contribution in [3.63, 3.8) is 0 Å². The topological polar surface area (TPSA) is 123 Å². The second kappa shape index (κ2) is 10.8. The Morgan fingerprint density at radius 1 is 1.13 bits per heavy atom. The summed E-state index contributed by atoms with van der Waals surface area (Å²) in [5, 5.41) is 17.1. The number of anilines is 4. The molecule has 0 atom stereocenters. The van der Waals surface area contributed by atoms with Crippen LogP contribution >= 0.6 is 0 Å². The molecule has 3 aromatic heterocycles. The first-order chi connectivity index (χ1) is 18.8. The van der Waals surface area contributed by atoms with Crippen molar-refractivity contribution in [3.05, 3.63) is 100 Å². The van der Waals surface area contributed by atoms with Gasteiger partial charge >= 0.3 is 0 Å². The van der Waals surface area contributed by atoms with E-state index < -0.39 is 0 Å². The first kappa shape index (κ1) is 25.7. The number of carbonyl (C=O) groups is 2. The van der Waals surface area contributed by atoms with Gasteiger partial charge in [0.1, 0.15) is 17.3 Å².